The van der Waals surface area contributed by atoms with E-state index in [-0.39, 0.29) is 15.5 Å². The fraction of sp³-hybridized carbons (Fsp3) is 0.200. The zero-order chi connectivity index (χ0) is 14.2. The second-order valence-electron chi connectivity index (χ2n) is 3.51. The minimum absolute atomic E-state index is 0.119. The van der Waals surface area contributed by atoms with E-state index in [1.165, 1.54) is 22.8 Å². The lowest BCUT2D eigenvalue weighted by Crippen LogP contribution is -2.17. The van der Waals surface area contributed by atoms with E-state index in [0.717, 1.165) is 0 Å². The van der Waals surface area contributed by atoms with Crippen LogP contribution in [0.5, 0.6) is 5.75 Å². The molecule has 4 nitrogen and oxygen atoms in total. The van der Waals surface area contributed by atoms with Crippen molar-refractivity contribution in [2.24, 2.45) is 0 Å². The van der Waals surface area contributed by atoms with Gasteiger partial charge in [-0.1, -0.05) is 0 Å². The maximum atomic E-state index is 12.1. The minimum Gasteiger partial charge on any atom is -0.405 e. The van der Waals surface area contributed by atoms with Crippen LogP contribution in [0.1, 0.15) is 5.82 Å². The molecule has 0 spiro atoms. The highest BCUT2D eigenvalue weighted by Gasteiger charge is 2.32. The fourth-order valence-corrected chi connectivity index (χ4v) is 2.17. The highest BCUT2D eigenvalue weighted by molar-refractivity contribution is 9.10. The first-order valence-electron chi connectivity index (χ1n) is 4.91. The Bertz CT molecular complexity index is 595. The predicted molar refractivity (Wildman–Crippen MR) is 65.5 cm³/mol. The second kappa shape index (κ2) is 5.01. The number of hydrogen-bond acceptors (Lipinski definition) is 3. The molecule has 102 valence electrons. The number of aryl methyl sites for hydroxylation is 1. The van der Waals surface area contributed by atoms with Crippen molar-refractivity contribution in [3.8, 4) is 11.4 Å². The molecule has 0 saturated carbocycles. The molecule has 1 aromatic heterocycles. The van der Waals surface area contributed by atoms with E-state index in [4.69, 9.17) is 11.6 Å². The third kappa shape index (κ3) is 3.19. The van der Waals surface area contributed by atoms with Crippen molar-refractivity contribution in [2.45, 2.75) is 13.3 Å². The molecule has 0 amide bonds. The lowest BCUT2D eigenvalue weighted by molar-refractivity contribution is -0.274. The van der Waals surface area contributed by atoms with E-state index in [9.17, 15) is 13.2 Å². The van der Waals surface area contributed by atoms with Gasteiger partial charge in [0, 0.05) is 0 Å². The number of ether oxygens (including phenoxy) is 1. The van der Waals surface area contributed by atoms with E-state index in [1.807, 2.05) is 0 Å². The number of rotatable bonds is 2. The Hall–Kier alpha value is -1.28. The fourth-order valence-electron chi connectivity index (χ4n) is 1.47. The molecule has 1 heterocycles. The van der Waals surface area contributed by atoms with Crippen molar-refractivity contribution < 1.29 is 17.9 Å². The first-order chi connectivity index (χ1) is 8.78. The van der Waals surface area contributed by atoms with Gasteiger partial charge in [-0.25, -0.2) is 0 Å². The quantitative estimate of drug-likeness (QED) is 0.819. The molecule has 0 aliphatic carbocycles. The van der Waals surface area contributed by atoms with Crippen LogP contribution in [0, 0.1) is 6.92 Å². The molecule has 2 rings (SSSR count). The van der Waals surface area contributed by atoms with Crippen LogP contribution < -0.4 is 4.74 Å². The van der Waals surface area contributed by atoms with Crippen molar-refractivity contribution in [3.05, 3.63) is 33.8 Å². The van der Waals surface area contributed by atoms with Crippen LogP contribution in [0.25, 0.3) is 5.69 Å². The average molecular weight is 357 g/mol. The van der Waals surface area contributed by atoms with Gasteiger partial charge in [-0.3, -0.25) is 4.57 Å². The summed E-state index contributed by atoms with van der Waals surface area (Å²) in [4.78, 5) is 0. The third-order valence-corrected chi connectivity index (χ3v) is 3.05. The number of benzene rings is 1. The first kappa shape index (κ1) is 14.1. The lowest BCUT2D eigenvalue weighted by Gasteiger charge is -2.12. The van der Waals surface area contributed by atoms with E-state index in [2.05, 4.69) is 30.9 Å². The number of hydrogen-bond donors (Lipinski definition) is 0. The molecule has 0 N–H and O–H groups in total. The minimum atomic E-state index is -4.74. The van der Waals surface area contributed by atoms with Gasteiger partial charge in [0.25, 0.3) is 0 Å². The van der Waals surface area contributed by atoms with Crippen molar-refractivity contribution in [3.63, 3.8) is 0 Å². The largest absolute Gasteiger partial charge is 0.573 e. The van der Waals surface area contributed by atoms with Gasteiger partial charge in [0.1, 0.15) is 11.6 Å². The van der Waals surface area contributed by atoms with Gasteiger partial charge in [-0.15, -0.1) is 23.4 Å². The second-order valence-corrected chi connectivity index (χ2v) is 4.71. The summed E-state index contributed by atoms with van der Waals surface area (Å²) in [5.41, 5.74) is 0.522. The molecule has 0 aliphatic rings. The summed E-state index contributed by atoms with van der Waals surface area (Å²) in [7, 11) is 0. The Kier molecular flexibility index (Phi) is 3.73. The van der Waals surface area contributed by atoms with Crippen LogP contribution in [0.15, 0.2) is 22.7 Å². The topological polar surface area (TPSA) is 39.9 Å². The van der Waals surface area contributed by atoms with Crippen LogP contribution in [-0.2, 0) is 0 Å². The molecule has 0 bridgehead atoms. The summed E-state index contributed by atoms with van der Waals surface area (Å²) in [5.74, 6) is 0.180. The Labute approximate surface area is 119 Å². The van der Waals surface area contributed by atoms with E-state index in [0.29, 0.717) is 11.5 Å². The molecule has 0 radical (unpaired) electrons. The van der Waals surface area contributed by atoms with Gasteiger partial charge in [-0.2, -0.15) is 0 Å². The standard InChI is InChI=1S/C10H6BrClF3N3O/c1-5-16-17-9(12)18(5)6-2-3-8(7(11)4-6)19-10(13,14)15/h2-4H,1H3. The molecule has 0 fully saturated rings. The Balaban J connectivity index is 2.40. The van der Waals surface area contributed by atoms with E-state index < -0.39 is 6.36 Å². The molecule has 0 saturated heterocycles. The number of aromatic nitrogens is 3. The van der Waals surface area contributed by atoms with Crippen LogP contribution in [-0.4, -0.2) is 21.1 Å². The van der Waals surface area contributed by atoms with Crippen molar-refractivity contribution in [1.82, 2.24) is 14.8 Å². The Morgan fingerprint density at radius 1 is 1.32 bits per heavy atom. The summed E-state index contributed by atoms with van der Waals surface area (Å²) in [5, 5.41) is 7.53. The normalized spacial score (nSPS) is 11.7. The number of alkyl halides is 3. The molecular formula is C10H6BrClF3N3O. The maximum absolute atomic E-state index is 12.1. The Morgan fingerprint density at radius 2 is 2.00 bits per heavy atom. The molecule has 19 heavy (non-hydrogen) atoms. The number of nitrogens with zero attached hydrogens (tertiary/aromatic N) is 3. The van der Waals surface area contributed by atoms with Crippen LogP contribution in [0.2, 0.25) is 5.28 Å². The summed E-state index contributed by atoms with van der Waals surface area (Å²) < 4.78 is 41.9. The molecule has 0 atom stereocenters. The van der Waals surface area contributed by atoms with Crippen molar-refractivity contribution in [1.29, 1.82) is 0 Å². The van der Waals surface area contributed by atoms with Crippen LogP contribution in [0.3, 0.4) is 0 Å². The van der Waals surface area contributed by atoms with Gasteiger partial charge in [0.15, 0.2) is 0 Å². The van der Waals surface area contributed by atoms with Gasteiger partial charge in [-0.05, 0) is 52.7 Å². The highest BCUT2D eigenvalue weighted by Crippen LogP contribution is 2.32. The molecule has 1 aromatic carbocycles. The molecule has 2 aromatic rings. The third-order valence-electron chi connectivity index (χ3n) is 2.18. The first-order valence-corrected chi connectivity index (χ1v) is 6.08. The van der Waals surface area contributed by atoms with Crippen molar-refractivity contribution >= 4 is 27.5 Å². The van der Waals surface area contributed by atoms with E-state index in [1.54, 1.807) is 6.92 Å². The monoisotopic (exact) mass is 355 g/mol. The lowest BCUT2D eigenvalue weighted by atomic mass is 10.3. The summed E-state index contributed by atoms with van der Waals surface area (Å²) in [6, 6.07) is 4.04. The van der Waals surface area contributed by atoms with Gasteiger partial charge in [0.2, 0.25) is 5.28 Å². The van der Waals surface area contributed by atoms with Crippen LogP contribution >= 0.6 is 27.5 Å². The van der Waals surface area contributed by atoms with Gasteiger partial charge >= 0.3 is 6.36 Å². The highest BCUT2D eigenvalue weighted by atomic mass is 79.9. The number of halogens is 5. The molecule has 0 unspecified atom stereocenters. The summed E-state index contributed by atoms with van der Waals surface area (Å²) in [6.07, 6.45) is -4.74. The SMILES string of the molecule is Cc1nnc(Cl)n1-c1ccc(OC(F)(F)F)c(Br)c1. The zero-order valence-corrected chi connectivity index (χ0v) is 11.7. The average Bonchev–Trinajstić information content (AvgIpc) is 2.60. The zero-order valence-electron chi connectivity index (χ0n) is 9.37. The molecule has 9 heteroatoms. The van der Waals surface area contributed by atoms with Gasteiger partial charge in [0.05, 0.1) is 10.2 Å². The smallest absolute Gasteiger partial charge is 0.405 e. The van der Waals surface area contributed by atoms with E-state index >= 15 is 0 Å². The molecule has 0 aliphatic heterocycles. The van der Waals surface area contributed by atoms with Gasteiger partial charge < -0.3 is 4.74 Å². The summed E-state index contributed by atoms with van der Waals surface area (Å²) in [6.45, 7) is 1.67. The van der Waals surface area contributed by atoms with Crippen molar-refractivity contribution in [2.75, 3.05) is 0 Å². The predicted octanol–water partition coefficient (Wildman–Crippen LogP) is 3.89. The maximum Gasteiger partial charge on any atom is 0.573 e. The molecular weight excluding hydrogens is 350 g/mol. The summed E-state index contributed by atoms with van der Waals surface area (Å²) >= 11 is 8.85. The Morgan fingerprint density at radius 3 is 2.47 bits per heavy atom. The van der Waals surface area contributed by atoms with Crippen LogP contribution in [0.4, 0.5) is 13.2 Å².